The van der Waals surface area contributed by atoms with Gasteiger partial charge in [0.15, 0.2) is 11.5 Å². The molecule has 0 fully saturated rings. The van der Waals surface area contributed by atoms with E-state index in [0.29, 0.717) is 28.5 Å². The molecule has 1 N–H and O–H groups in total. The van der Waals surface area contributed by atoms with Crippen LogP contribution in [0.4, 0.5) is 5.69 Å². The van der Waals surface area contributed by atoms with E-state index in [1.807, 2.05) is 29.6 Å². The Kier molecular flexibility index (Phi) is 4.83. The number of nitrogens with one attached hydrogen (secondary N) is 1. The van der Waals surface area contributed by atoms with Gasteiger partial charge >= 0.3 is 0 Å². The van der Waals surface area contributed by atoms with Crippen LogP contribution in [-0.4, -0.2) is 30.6 Å². The summed E-state index contributed by atoms with van der Waals surface area (Å²) in [5.74, 6) is 1.25. The van der Waals surface area contributed by atoms with Crippen molar-refractivity contribution < 1.29 is 23.8 Å². The monoisotopic (exact) mass is 434 g/mol. The number of hydrogen-bond donors (Lipinski definition) is 1. The van der Waals surface area contributed by atoms with E-state index in [2.05, 4.69) is 5.32 Å². The first-order chi connectivity index (χ1) is 15.1. The van der Waals surface area contributed by atoms with E-state index in [9.17, 15) is 9.59 Å². The molecule has 1 aromatic heterocycles. The summed E-state index contributed by atoms with van der Waals surface area (Å²) in [6.45, 7) is 0.331. The number of fused-ring (bicyclic) bond motifs is 1. The second-order valence-corrected chi connectivity index (χ2v) is 7.91. The Morgan fingerprint density at radius 1 is 1.03 bits per heavy atom. The lowest BCUT2D eigenvalue weighted by Gasteiger charge is -2.15. The molecular weight excluding hydrogens is 416 g/mol. The smallest absolute Gasteiger partial charge is 0.278 e. The quantitative estimate of drug-likeness (QED) is 0.594. The Labute approximate surface area is 182 Å². The summed E-state index contributed by atoms with van der Waals surface area (Å²) >= 11 is 1.41. The minimum Gasteiger partial charge on any atom is -0.497 e. The maximum Gasteiger partial charge on any atom is 0.278 e. The van der Waals surface area contributed by atoms with Gasteiger partial charge in [-0.1, -0.05) is 18.2 Å². The molecule has 2 aromatic carbocycles. The number of nitrogens with zero attached hydrogens (tertiary/aromatic N) is 1. The van der Waals surface area contributed by atoms with E-state index in [4.69, 9.17) is 14.2 Å². The second-order valence-electron chi connectivity index (χ2n) is 6.96. The molecule has 0 spiro atoms. The third-order valence-electron chi connectivity index (χ3n) is 5.08. The molecule has 8 heteroatoms. The van der Waals surface area contributed by atoms with Crippen LogP contribution in [0, 0.1) is 0 Å². The first-order valence-corrected chi connectivity index (χ1v) is 10.5. The van der Waals surface area contributed by atoms with Gasteiger partial charge in [0.2, 0.25) is 6.79 Å². The topological polar surface area (TPSA) is 77.1 Å². The Balaban J connectivity index is 1.47. The van der Waals surface area contributed by atoms with Crippen LogP contribution in [0.5, 0.6) is 17.2 Å². The van der Waals surface area contributed by atoms with Crippen molar-refractivity contribution in [1.29, 1.82) is 0 Å². The van der Waals surface area contributed by atoms with Crippen LogP contribution in [0.3, 0.4) is 0 Å². The van der Waals surface area contributed by atoms with Gasteiger partial charge in [0.25, 0.3) is 11.8 Å². The molecule has 2 aliphatic heterocycles. The Hall–Kier alpha value is -3.78. The van der Waals surface area contributed by atoms with E-state index >= 15 is 0 Å². The molecule has 31 heavy (non-hydrogen) atoms. The molecule has 0 saturated carbocycles. The molecular formula is C23H18N2O5S. The number of anilines is 1. The molecule has 5 rings (SSSR count). The van der Waals surface area contributed by atoms with Gasteiger partial charge in [-0.05, 0) is 41.3 Å². The number of imide groups is 1. The summed E-state index contributed by atoms with van der Waals surface area (Å²) in [5.41, 5.74) is 2.09. The number of benzene rings is 2. The molecule has 0 radical (unpaired) electrons. The standard InChI is InChI=1S/C23H18N2O5S/c1-28-16-7-4-14(5-8-16)12-25-22(26)20(19-3-2-10-31-19)21(23(25)27)24-15-6-9-17-18(11-15)30-13-29-17/h2-11,24H,12-13H2,1H3. The number of ether oxygens (including phenoxy) is 3. The number of amides is 2. The molecule has 2 aliphatic rings. The van der Waals surface area contributed by atoms with Crippen LogP contribution in [0.2, 0.25) is 0 Å². The van der Waals surface area contributed by atoms with Crippen molar-refractivity contribution >= 4 is 34.4 Å². The van der Waals surface area contributed by atoms with Crippen molar-refractivity contribution in [1.82, 2.24) is 4.90 Å². The van der Waals surface area contributed by atoms with Crippen LogP contribution in [-0.2, 0) is 16.1 Å². The van der Waals surface area contributed by atoms with Crippen LogP contribution in [0.15, 0.2) is 65.7 Å². The number of hydrogen-bond acceptors (Lipinski definition) is 7. The third kappa shape index (κ3) is 3.51. The van der Waals surface area contributed by atoms with Crippen LogP contribution >= 0.6 is 11.3 Å². The maximum absolute atomic E-state index is 13.3. The number of carbonyl (C=O) groups excluding carboxylic acids is 2. The highest BCUT2D eigenvalue weighted by Gasteiger charge is 2.39. The lowest BCUT2D eigenvalue weighted by atomic mass is 10.1. The van der Waals surface area contributed by atoms with Gasteiger partial charge in [-0.25, -0.2) is 0 Å². The molecule has 2 amide bonds. The first kappa shape index (κ1) is 19.2. The van der Waals surface area contributed by atoms with Crippen molar-refractivity contribution in [3.63, 3.8) is 0 Å². The van der Waals surface area contributed by atoms with Gasteiger partial charge in [0.05, 0.1) is 19.2 Å². The largest absolute Gasteiger partial charge is 0.497 e. The lowest BCUT2D eigenvalue weighted by Crippen LogP contribution is -2.31. The fourth-order valence-corrected chi connectivity index (χ4v) is 4.29. The normalized spacial score (nSPS) is 15.1. The highest BCUT2D eigenvalue weighted by molar-refractivity contribution is 7.11. The minimum atomic E-state index is -0.373. The fraction of sp³-hybridized carbons (Fsp3) is 0.130. The molecule has 0 saturated heterocycles. The Bertz CT molecular complexity index is 1190. The molecule has 0 bridgehead atoms. The zero-order valence-electron chi connectivity index (χ0n) is 16.6. The van der Waals surface area contributed by atoms with Gasteiger partial charge in [0, 0.05) is 16.6 Å². The van der Waals surface area contributed by atoms with Gasteiger partial charge in [-0.3, -0.25) is 14.5 Å². The number of methoxy groups -OCH3 is 1. The zero-order chi connectivity index (χ0) is 21.4. The van der Waals surface area contributed by atoms with Crippen molar-refractivity contribution in [3.05, 3.63) is 76.1 Å². The van der Waals surface area contributed by atoms with Crippen molar-refractivity contribution in [3.8, 4) is 17.2 Å². The van der Waals surface area contributed by atoms with Gasteiger partial charge in [-0.2, -0.15) is 0 Å². The molecule has 156 valence electrons. The van der Waals surface area contributed by atoms with Crippen LogP contribution in [0.1, 0.15) is 10.4 Å². The van der Waals surface area contributed by atoms with E-state index in [1.165, 1.54) is 16.2 Å². The summed E-state index contributed by atoms with van der Waals surface area (Å²) in [6, 6.07) is 16.3. The summed E-state index contributed by atoms with van der Waals surface area (Å²) < 4.78 is 15.9. The third-order valence-corrected chi connectivity index (χ3v) is 5.96. The summed E-state index contributed by atoms with van der Waals surface area (Å²) in [4.78, 5) is 28.6. The highest BCUT2D eigenvalue weighted by Crippen LogP contribution is 2.37. The predicted molar refractivity (Wildman–Crippen MR) is 116 cm³/mol. The maximum atomic E-state index is 13.3. The summed E-state index contributed by atoms with van der Waals surface area (Å²) in [5, 5.41) is 5.02. The van der Waals surface area contributed by atoms with E-state index in [1.54, 1.807) is 37.4 Å². The molecule has 3 aromatic rings. The first-order valence-electron chi connectivity index (χ1n) is 9.58. The predicted octanol–water partition coefficient (Wildman–Crippen LogP) is 3.88. The Morgan fingerprint density at radius 3 is 2.58 bits per heavy atom. The number of rotatable bonds is 6. The van der Waals surface area contributed by atoms with Crippen molar-refractivity contribution in [2.24, 2.45) is 0 Å². The van der Waals surface area contributed by atoms with Crippen LogP contribution in [0.25, 0.3) is 5.57 Å². The summed E-state index contributed by atoms with van der Waals surface area (Å²) in [7, 11) is 1.59. The van der Waals surface area contributed by atoms with E-state index in [0.717, 1.165) is 10.4 Å². The lowest BCUT2D eigenvalue weighted by molar-refractivity contribution is -0.137. The van der Waals surface area contributed by atoms with Gasteiger partial charge in [-0.15, -0.1) is 11.3 Å². The number of carbonyl (C=O) groups is 2. The van der Waals surface area contributed by atoms with Crippen molar-refractivity contribution in [2.45, 2.75) is 6.54 Å². The molecule has 7 nitrogen and oxygen atoms in total. The van der Waals surface area contributed by atoms with E-state index in [-0.39, 0.29) is 30.8 Å². The average molecular weight is 434 g/mol. The van der Waals surface area contributed by atoms with Gasteiger partial charge in [0.1, 0.15) is 11.4 Å². The van der Waals surface area contributed by atoms with Crippen molar-refractivity contribution in [2.75, 3.05) is 19.2 Å². The minimum absolute atomic E-state index is 0.162. The highest BCUT2D eigenvalue weighted by atomic mass is 32.1. The SMILES string of the molecule is COc1ccc(CN2C(=O)C(Nc3ccc4c(c3)OCO4)=C(c3cccs3)C2=O)cc1. The Morgan fingerprint density at radius 2 is 1.84 bits per heavy atom. The van der Waals surface area contributed by atoms with E-state index < -0.39 is 0 Å². The van der Waals surface area contributed by atoms with Gasteiger partial charge < -0.3 is 19.5 Å². The fourth-order valence-electron chi connectivity index (χ4n) is 3.52. The number of thiophene rings is 1. The van der Waals surface area contributed by atoms with Crippen LogP contribution < -0.4 is 19.5 Å². The molecule has 3 heterocycles. The zero-order valence-corrected chi connectivity index (χ0v) is 17.4. The second kappa shape index (κ2) is 7.81. The molecule has 0 unspecified atom stereocenters. The summed E-state index contributed by atoms with van der Waals surface area (Å²) in [6.07, 6.45) is 0. The average Bonchev–Trinajstić information content (AvgIpc) is 3.52. The molecule has 0 aliphatic carbocycles. The molecule has 0 atom stereocenters.